The Morgan fingerprint density at radius 3 is 2.53 bits per heavy atom. The summed E-state index contributed by atoms with van der Waals surface area (Å²) in [5, 5.41) is 0.609. The summed E-state index contributed by atoms with van der Waals surface area (Å²) in [6, 6.07) is 14.7. The van der Waals surface area contributed by atoms with Gasteiger partial charge >= 0.3 is 5.76 Å². The second kappa shape index (κ2) is 9.36. The quantitative estimate of drug-likeness (QED) is 0.577. The van der Waals surface area contributed by atoms with E-state index in [1.54, 1.807) is 6.07 Å². The number of piperazine rings is 1. The number of fused-ring (bicyclic) bond motifs is 1. The largest absolute Gasteiger partial charge is 0.491 e. The van der Waals surface area contributed by atoms with Crippen LogP contribution in [0.3, 0.4) is 0 Å². The number of carbonyl (C=O) groups is 1. The van der Waals surface area contributed by atoms with Crippen LogP contribution in [0.5, 0.6) is 5.75 Å². The molecule has 0 spiro atoms. The van der Waals surface area contributed by atoms with Gasteiger partial charge in [0.15, 0.2) is 5.58 Å². The van der Waals surface area contributed by atoms with Gasteiger partial charge in [-0.3, -0.25) is 14.3 Å². The Balaban J connectivity index is 1.22. The molecule has 1 saturated heterocycles. The van der Waals surface area contributed by atoms with Crippen LogP contribution in [0, 0.1) is 0 Å². The Bertz CT molecular complexity index is 1070. The normalized spacial score (nSPS) is 14.9. The first-order valence-electron chi connectivity index (χ1n) is 10.1. The van der Waals surface area contributed by atoms with Gasteiger partial charge in [0.1, 0.15) is 12.4 Å². The topological polar surface area (TPSA) is 67.9 Å². The molecule has 0 saturated carbocycles. The maximum absolute atomic E-state index is 12.6. The number of nitrogens with zero attached hydrogens (tertiary/aromatic N) is 3. The van der Waals surface area contributed by atoms with E-state index in [1.807, 2.05) is 47.4 Å². The number of oxazole rings is 1. The van der Waals surface area contributed by atoms with Crippen LogP contribution < -0.4 is 10.5 Å². The number of aromatic nitrogens is 1. The minimum absolute atomic E-state index is 0.0548. The van der Waals surface area contributed by atoms with Crippen LogP contribution >= 0.6 is 11.6 Å². The van der Waals surface area contributed by atoms with E-state index < -0.39 is 5.76 Å². The van der Waals surface area contributed by atoms with E-state index in [-0.39, 0.29) is 12.3 Å². The third-order valence-electron chi connectivity index (χ3n) is 5.35. The number of halogens is 1. The summed E-state index contributed by atoms with van der Waals surface area (Å²) in [5.41, 5.74) is 1.27. The van der Waals surface area contributed by atoms with Crippen molar-refractivity contribution in [3.8, 4) is 5.75 Å². The van der Waals surface area contributed by atoms with Crippen LogP contribution in [0.4, 0.5) is 0 Å². The Labute approximate surface area is 179 Å². The lowest BCUT2D eigenvalue weighted by molar-refractivity contribution is -0.133. The molecule has 1 aromatic heterocycles. The van der Waals surface area contributed by atoms with E-state index in [1.165, 1.54) is 4.57 Å². The van der Waals surface area contributed by atoms with Crippen molar-refractivity contribution in [2.24, 2.45) is 0 Å². The number of hydrogen-bond acceptors (Lipinski definition) is 5. The van der Waals surface area contributed by atoms with Crippen LogP contribution in [-0.2, 0) is 11.3 Å². The zero-order valence-corrected chi connectivity index (χ0v) is 17.4. The average Bonchev–Trinajstić information content (AvgIpc) is 3.09. The number of carbonyl (C=O) groups excluding carboxylic acids is 1. The maximum atomic E-state index is 12.6. The number of para-hydroxylation sites is 3. The van der Waals surface area contributed by atoms with Crippen molar-refractivity contribution in [3.05, 3.63) is 64.1 Å². The monoisotopic (exact) mass is 429 g/mol. The molecule has 0 bridgehead atoms. The Hall–Kier alpha value is -2.77. The number of amides is 1. The fraction of sp³-hybridized carbons (Fsp3) is 0.364. The summed E-state index contributed by atoms with van der Waals surface area (Å²) in [7, 11) is 0. The summed E-state index contributed by atoms with van der Waals surface area (Å²) in [4.78, 5) is 28.8. The molecule has 158 valence electrons. The van der Waals surface area contributed by atoms with Crippen LogP contribution in [-0.4, -0.2) is 59.6 Å². The molecule has 1 amide bonds. The lowest BCUT2D eigenvalue weighted by Gasteiger charge is -2.34. The molecular weight excluding hydrogens is 406 g/mol. The van der Waals surface area contributed by atoms with E-state index in [2.05, 4.69) is 4.90 Å². The molecule has 0 atom stereocenters. The molecule has 2 aromatic carbocycles. The molecular formula is C22H24ClN3O4. The molecule has 1 aliphatic heterocycles. The highest BCUT2D eigenvalue weighted by Crippen LogP contribution is 2.23. The fourth-order valence-corrected chi connectivity index (χ4v) is 3.85. The molecule has 0 unspecified atom stereocenters. The highest BCUT2D eigenvalue weighted by molar-refractivity contribution is 6.32. The summed E-state index contributed by atoms with van der Waals surface area (Å²) >= 11 is 6.10. The SMILES string of the molecule is O=C(CCn1c(=O)oc2ccccc21)N1CCN(CCOc2ccccc2Cl)CC1. The highest BCUT2D eigenvalue weighted by atomic mass is 35.5. The van der Waals surface area contributed by atoms with Crippen molar-refractivity contribution in [2.75, 3.05) is 39.3 Å². The van der Waals surface area contributed by atoms with E-state index in [9.17, 15) is 9.59 Å². The van der Waals surface area contributed by atoms with Gasteiger partial charge in [0.05, 0.1) is 10.5 Å². The summed E-state index contributed by atoms with van der Waals surface area (Å²) in [5.74, 6) is 0.321. The smallest absolute Gasteiger partial charge is 0.419 e. The van der Waals surface area contributed by atoms with Gasteiger partial charge in [0.25, 0.3) is 0 Å². The van der Waals surface area contributed by atoms with Crippen molar-refractivity contribution in [1.82, 2.24) is 14.4 Å². The van der Waals surface area contributed by atoms with E-state index in [4.69, 9.17) is 20.8 Å². The van der Waals surface area contributed by atoms with E-state index >= 15 is 0 Å². The second-order valence-corrected chi connectivity index (χ2v) is 7.65. The fourth-order valence-electron chi connectivity index (χ4n) is 3.66. The number of rotatable bonds is 7. The molecule has 8 heteroatoms. The minimum Gasteiger partial charge on any atom is -0.491 e. The van der Waals surface area contributed by atoms with Crippen molar-refractivity contribution in [2.45, 2.75) is 13.0 Å². The van der Waals surface area contributed by atoms with Gasteiger partial charge in [-0.2, -0.15) is 0 Å². The molecule has 3 aromatic rings. The first-order valence-corrected chi connectivity index (χ1v) is 10.5. The number of hydrogen-bond donors (Lipinski definition) is 0. The Kier molecular flexibility index (Phi) is 6.40. The van der Waals surface area contributed by atoms with Gasteiger partial charge < -0.3 is 14.1 Å². The van der Waals surface area contributed by atoms with Crippen LogP contribution in [0.15, 0.2) is 57.7 Å². The van der Waals surface area contributed by atoms with Gasteiger partial charge in [0, 0.05) is 45.7 Å². The third kappa shape index (κ3) is 4.68. The van der Waals surface area contributed by atoms with Gasteiger partial charge in [0.2, 0.25) is 5.91 Å². The van der Waals surface area contributed by atoms with Crippen molar-refractivity contribution < 1.29 is 13.9 Å². The number of ether oxygens (including phenoxy) is 1. The van der Waals surface area contributed by atoms with Gasteiger partial charge in [-0.15, -0.1) is 0 Å². The summed E-state index contributed by atoms with van der Waals surface area (Å²) in [6.45, 7) is 4.59. The Morgan fingerprint density at radius 2 is 1.73 bits per heavy atom. The molecule has 1 fully saturated rings. The molecule has 0 radical (unpaired) electrons. The lowest BCUT2D eigenvalue weighted by Crippen LogP contribution is -2.49. The minimum atomic E-state index is -0.424. The molecule has 0 aliphatic carbocycles. The molecule has 7 nitrogen and oxygen atoms in total. The highest BCUT2D eigenvalue weighted by Gasteiger charge is 2.21. The summed E-state index contributed by atoms with van der Waals surface area (Å²) < 4.78 is 12.5. The third-order valence-corrected chi connectivity index (χ3v) is 5.66. The van der Waals surface area contributed by atoms with Crippen LogP contribution in [0.1, 0.15) is 6.42 Å². The molecule has 0 N–H and O–H groups in total. The van der Waals surface area contributed by atoms with Crippen LogP contribution in [0.25, 0.3) is 11.1 Å². The van der Waals surface area contributed by atoms with E-state index in [0.29, 0.717) is 42.6 Å². The zero-order valence-electron chi connectivity index (χ0n) is 16.6. The summed E-state index contributed by atoms with van der Waals surface area (Å²) in [6.07, 6.45) is 0.277. The van der Waals surface area contributed by atoms with Gasteiger partial charge in [-0.25, -0.2) is 4.79 Å². The number of aryl methyl sites for hydroxylation is 1. The zero-order chi connectivity index (χ0) is 20.9. The maximum Gasteiger partial charge on any atom is 0.419 e. The molecule has 2 heterocycles. The molecule has 30 heavy (non-hydrogen) atoms. The Morgan fingerprint density at radius 1 is 1.00 bits per heavy atom. The lowest BCUT2D eigenvalue weighted by atomic mass is 10.2. The molecule has 4 rings (SSSR count). The van der Waals surface area contributed by atoms with Gasteiger partial charge in [-0.05, 0) is 24.3 Å². The molecule has 1 aliphatic rings. The van der Waals surface area contributed by atoms with Crippen molar-refractivity contribution >= 4 is 28.6 Å². The second-order valence-electron chi connectivity index (χ2n) is 7.24. The van der Waals surface area contributed by atoms with Crippen LogP contribution in [0.2, 0.25) is 5.02 Å². The predicted molar refractivity (Wildman–Crippen MR) is 115 cm³/mol. The van der Waals surface area contributed by atoms with Gasteiger partial charge in [-0.1, -0.05) is 35.9 Å². The van der Waals surface area contributed by atoms with Crippen molar-refractivity contribution in [1.29, 1.82) is 0 Å². The number of benzene rings is 2. The standard InChI is InChI=1S/C22H24ClN3O4/c23-17-5-1-3-7-19(17)29-16-15-24-11-13-25(14-12-24)21(27)9-10-26-18-6-2-4-8-20(18)30-22(26)28/h1-8H,9-16H2. The predicted octanol–water partition coefficient (Wildman–Crippen LogP) is 2.86. The average molecular weight is 430 g/mol. The first kappa shape index (κ1) is 20.5. The van der Waals surface area contributed by atoms with E-state index in [0.717, 1.165) is 25.2 Å². The van der Waals surface area contributed by atoms with Crippen molar-refractivity contribution in [3.63, 3.8) is 0 Å². The first-order chi connectivity index (χ1) is 14.6.